The number of nitriles is 1. The summed E-state index contributed by atoms with van der Waals surface area (Å²) in [6.45, 7) is 10.9. The van der Waals surface area contributed by atoms with E-state index < -0.39 is 0 Å². The molecule has 158 valence electrons. The summed E-state index contributed by atoms with van der Waals surface area (Å²) in [5.41, 5.74) is 0.0174. The fourth-order valence-corrected chi connectivity index (χ4v) is 5.82. The zero-order chi connectivity index (χ0) is 21.4. The molecule has 0 saturated heterocycles. The molecule has 0 heterocycles. The highest BCUT2D eigenvalue weighted by molar-refractivity contribution is 6.31. The van der Waals surface area contributed by atoms with Crippen LogP contribution in [0, 0.1) is 34.0 Å². The minimum atomic E-state index is -0.211. The van der Waals surface area contributed by atoms with Crippen LogP contribution in [0.2, 0.25) is 5.02 Å². The highest BCUT2D eigenvalue weighted by Gasteiger charge is 2.64. The first-order valence-electron chi connectivity index (χ1n) is 10.7. The lowest BCUT2D eigenvalue weighted by atomic mass is 9.49. The van der Waals surface area contributed by atoms with E-state index >= 15 is 0 Å². The van der Waals surface area contributed by atoms with Crippen LogP contribution in [0.25, 0.3) is 0 Å². The number of hydrogen-bond donors (Lipinski definition) is 1. The van der Waals surface area contributed by atoms with Crippen LogP contribution in [0.5, 0.6) is 5.75 Å². The molecule has 0 radical (unpaired) electrons. The van der Waals surface area contributed by atoms with E-state index in [9.17, 15) is 4.79 Å². The Balaban J connectivity index is 1.69. The quantitative estimate of drug-likeness (QED) is 0.638. The first-order chi connectivity index (χ1) is 13.6. The maximum Gasteiger partial charge on any atom is 0.223 e. The van der Waals surface area contributed by atoms with Crippen LogP contribution in [0.3, 0.4) is 0 Å². The summed E-state index contributed by atoms with van der Waals surface area (Å²) in [6.07, 6.45) is 5.42. The smallest absolute Gasteiger partial charge is 0.223 e. The Kier molecular flexibility index (Phi) is 6.20. The van der Waals surface area contributed by atoms with Gasteiger partial charge in [0.25, 0.3) is 0 Å². The molecule has 2 atom stereocenters. The van der Waals surface area contributed by atoms with Crippen molar-refractivity contribution in [3.05, 3.63) is 28.8 Å². The molecule has 2 aliphatic carbocycles. The second-order valence-electron chi connectivity index (χ2n) is 10.1. The van der Waals surface area contributed by atoms with Gasteiger partial charge in [-0.25, -0.2) is 0 Å². The van der Waals surface area contributed by atoms with Gasteiger partial charge >= 0.3 is 0 Å². The zero-order valence-corrected chi connectivity index (χ0v) is 19.0. The molecule has 29 heavy (non-hydrogen) atoms. The topological polar surface area (TPSA) is 62.1 Å². The monoisotopic (exact) mass is 416 g/mol. The molecule has 1 amide bonds. The van der Waals surface area contributed by atoms with Gasteiger partial charge in [0.2, 0.25) is 5.91 Å². The molecule has 2 saturated carbocycles. The number of rotatable bonds is 4. The third-order valence-electron chi connectivity index (χ3n) is 7.07. The molecular weight excluding hydrogens is 384 g/mol. The third kappa shape index (κ3) is 4.26. The van der Waals surface area contributed by atoms with Crippen LogP contribution in [-0.4, -0.2) is 18.1 Å². The van der Waals surface area contributed by atoms with Gasteiger partial charge in [0.15, 0.2) is 0 Å². The largest absolute Gasteiger partial charge is 0.489 e. The van der Waals surface area contributed by atoms with Gasteiger partial charge in [-0.05, 0) is 37.3 Å². The van der Waals surface area contributed by atoms with Crippen molar-refractivity contribution < 1.29 is 9.53 Å². The number of ether oxygens (including phenoxy) is 1. The van der Waals surface area contributed by atoms with Gasteiger partial charge in [-0.2, -0.15) is 5.26 Å². The molecule has 2 fully saturated rings. The maximum atomic E-state index is 13.0. The average molecular weight is 417 g/mol. The Labute approximate surface area is 180 Å². The summed E-state index contributed by atoms with van der Waals surface area (Å²) < 4.78 is 6.31. The van der Waals surface area contributed by atoms with Gasteiger partial charge in [0.05, 0.1) is 10.6 Å². The lowest BCUT2D eigenvalue weighted by molar-refractivity contribution is -0.174. The summed E-state index contributed by atoms with van der Waals surface area (Å²) in [7, 11) is 0. The van der Waals surface area contributed by atoms with E-state index in [4.69, 9.17) is 21.6 Å². The molecule has 0 bridgehead atoms. The van der Waals surface area contributed by atoms with Crippen LogP contribution in [0.4, 0.5) is 0 Å². The summed E-state index contributed by atoms with van der Waals surface area (Å²) in [5, 5.41) is 12.8. The van der Waals surface area contributed by atoms with Crippen LogP contribution < -0.4 is 10.1 Å². The molecule has 2 unspecified atom stereocenters. The van der Waals surface area contributed by atoms with Crippen LogP contribution >= 0.6 is 11.6 Å². The van der Waals surface area contributed by atoms with Crippen molar-refractivity contribution in [2.45, 2.75) is 78.9 Å². The van der Waals surface area contributed by atoms with Gasteiger partial charge in [0, 0.05) is 28.9 Å². The summed E-state index contributed by atoms with van der Waals surface area (Å²) in [4.78, 5) is 13.0. The number of hydrogen-bond acceptors (Lipinski definition) is 3. The maximum absolute atomic E-state index is 13.0. The summed E-state index contributed by atoms with van der Waals surface area (Å²) >= 11 is 6.16. The molecule has 4 nitrogen and oxygen atoms in total. The van der Waals surface area contributed by atoms with Gasteiger partial charge in [0.1, 0.15) is 17.9 Å². The summed E-state index contributed by atoms with van der Waals surface area (Å²) in [6, 6.07) is 7.28. The van der Waals surface area contributed by atoms with Crippen molar-refractivity contribution in [2.24, 2.45) is 22.7 Å². The molecule has 1 aromatic carbocycles. The molecule has 1 N–H and O–H groups in total. The Hall–Kier alpha value is -1.73. The highest BCUT2D eigenvalue weighted by atomic mass is 35.5. The number of carbonyl (C=O) groups excluding carboxylic acids is 1. The fraction of sp³-hybridized carbons (Fsp3) is 0.667. The Morgan fingerprint density at radius 2 is 1.86 bits per heavy atom. The lowest BCUT2D eigenvalue weighted by Gasteiger charge is -2.63. The number of nitrogens with one attached hydrogen (secondary N) is 1. The second kappa shape index (κ2) is 8.19. The van der Waals surface area contributed by atoms with E-state index in [1.54, 1.807) is 18.2 Å². The molecule has 1 aromatic rings. The van der Waals surface area contributed by atoms with E-state index in [0.29, 0.717) is 16.3 Å². The van der Waals surface area contributed by atoms with Gasteiger partial charge in [-0.3, -0.25) is 4.79 Å². The number of amides is 1. The number of halogens is 1. The second-order valence-corrected chi connectivity index (χ2v) is 10.6. The first-order valence-corrected chi connectivity index (χ1v) is 11.1. The van der Waals surface area contributed by atoms with Gasteiger partial charge in [-0.15, -0.1) is 0 Å². The van der Waals surface area contributed by atoms with Crippen LogP contribution in [0.15, 0.2) is 18.2 Å². The molecule has 2 aliphatic rings. The van der Waals surface area contributed by atoms with Gasteiger partial charge in [-0.1, -0.05) is 59.1 Å². The van der Waals surface area contributed by atoms with E-state index in [1.165, 1.54) is 6.42 Å². The molecule has 0 aromatic heterocycles. The number of nitrogens with zero attached hydrogens (tertiary/aromatic N) is 1. The minimum Gasteiger partial charge on any atom is -0.489 e. The van der Waals surface area contributed by atoms with Crippen LogP contribution in [-0.2, 0) is 4.79 Å². The normalized spacial score (nSPS) is 30.4. The Bertz CT molecular complexity index is 796. The molecule has 3 rings (SSSR count). The van der Waals surface area contributed by atoms with Gasteiger partial charge < -0.3 is 10.1 Å². The SMILES string of the molecule is CC1CCCC(C(=O)NC2C(C)(C)C(Oc3ccc(C#N)c(Cl)c3)C2(C)C)CC1. The number of carbonyl (C=O) groups is 1. The highest BCUT2D eigenvalue weighted by Crippen LogP contribution is 2.55. The first kappa shape index (κ1) is 22.0. The third-order valence-corrected chi connectivity index (χ3v) is 7.38. The van der Waals surface area contributed by atoms with E-state index in [2.05, 4.69) is 46.0 Å². The zero-order valence-electron chi connectivity index (χ0n) is 18.2. The molecule has 0 spiro atoms. The standard InChI is InChI=1S/C24H33ClN2O2/c1-15-7-6-8-16(10-9-15)20(28)27-21-23(2,3)22(24(21,4)5)29-18-12-11-17(14-26)19(25)13-18/h11-13,15-16,21-22H,6-10H2,1-5H3,(H,27,28). The molecule has 0 aliphatic heterocycles. The molecule has 5 heteroatoms. The fourth-order valence-electron chi connectivity index (χ4n) is 5.61. The number of benzene rings is 1. The predicted octanol–water partition coefficient (Wildman–Crippen LogP) is 5.73. The van der Waals surface area contributed by atoms with Crippen molar-refractivity contribution in [3.8, 4) is 11.8 Å². The predicted molar refractivity (Wildman–Crippen MR) is 116 cm³/mol. The van der Waals surface area contributed by atoms with Crippen molar-refractivity contribution >= 4 is 17.5 Å². The van der Waals surface area contributed by atoms with E-state index in [0.717, 1.165) is 31.6 Å². The van der Waals surface area contributed by atoms with Crippen molar-refractivity contribution in [2.75, 3.05) is 0 Å². The Morgan fingerprint density at radius 3 is 2.48 bits per heavy atom. The minimum absolute atomic E-state index is 0.0435. The lowest BCUT2D eigenvalue weighted by Crippen LogP contribution is -2.75. The van der Waals surface area contributed by atoms with Crippen molar-refractivity contribution in [3.63, 3.8) is 0 Å². The summed E-state index contributed by atoms with van der Waals surface area (Å²) in [5.74, 6) is 1.71. The van der Waals surface area contributed by atoms with Crippen LogP contribution in [0.1, 0.15) is 72.3 Å². The average Bonchev–Trinajstić information content (AvgIpc) is 2.88. The van der Waals surface area contributed by atoms with Crippen molar-refractivity contribution in [1.82, 2.24) is 5.32 Å². The van der Waals surface area contributed by atoms with E-state index in [1.807, 2.05) is 0 Å². The Morgan fingerprint density at radius 1 is 1.17 bits per heavy atom. The molecular formula is C24H33ClN2O2. The van der Waals surface area contributed by atoms with E-state index in [-0.39, 0.29) is 34.8 Å². The van der Waals surface area contributed by atoms with Crippen molar-refractivity contribution in [1.29, 1.82) is 5.26 Å².